The van der Waals surface area contributed by atoms with E-state index in [1.807, 2.05) is 42.6 Å². The lowest BCUT2D eigenvalue weighted by Crippen LogP contribution is -2.41. The molecule has 0 radical (unpaired) electrons. The molecule has 0 bridgehead atoms. The molecule has 1 amide bonds. The van der Waals surface area contributed by atoms with Crippen LogP contribution in [-0.2, 0) is 24.1 Å². The van der Waals surface area contributed by atoms with Crippen LogP contribution in [0.4, 0.5) is 0 Å². The number of nitrogens with zero attached hydrogens (tertiary/aromatic N) is 2. The van der Waals surface area contributed by atoms with Crippen LogP contribution >= 0.6 is 34.8 Å². The van der Waals surface area contributed by atoms with Crippen molar-refractivity contribution in [3.8, 4) is 11.1 Å². The lowest BCUT2D eigenvalue weighted by molar-refractivity contribution is -0.133. The molecular weight excluding hydrogens is 453 g/mol. The normalized spacial score (nSPS) is 20.9. The SMILES string of the molecule is O=C1[C@H](Cc2c(Cl)cc(-c3ccc(Cl)cc3)cc2Cl)CCN1[C@H]1CCc2[nH]ncc2C1. The van der Waals surface area contributed by atoms with E-state index in [0.717, 1.165) is 48.9 Å². The molecule has 2 heterocycles. The molecule has 160 valence electrons. The number of amides is 1. The van der Waals surface area contributed by atoms with Gasteiger partial charge in [-0.3, -0.25) is 9.89 Å². The molecule has 1 fully saturated rings. The summed E-state index contributed by atoms with van der Waals surface area (Å²) in [5, 5.41) is 9.09. The van der Waals surface area contributed by atoms with Gasteiger partial charge >= 0.3 is 0 Å². The Morgan fingerprint density at radius 2 is 1.77 bits per heavy atom. The lowest BCUT2D eigenvalue weighted by Gasteiger charge is -2.31. The predicted octanol–water partition coefficient (Wildman–Crippen LogP) is 5.99. The summed E-state index contributed by atoms with van der Waals surface area (Å²) in [5.74, 6) is 0.132. The van der Waals surface area contributed by atoms with Crippen LogP contribution in [0.5, 0.6) is 0 Å². The number of rotatable bonds is 4. The van der Waals surface area contributed by atoms with Crippen molar-refractivity contribution in [1.29, 1.82) is 0 Å². The van der Waals surface area contributed by atoms with Crippen molar-refractivity contribution in [1.82, 2.24) is 15.1 Å². The number of likely N-dealkylation sites (tertiary alicyclic amines) is 1. The summed E-state index contributed by atoms with van der Waals surface area (Å²) in [6, 6.07) is 11.7. The van der Waals surface area contributed by atoms with Gasteiger partial charge in [-0.15, -0.1) is 0 Å². The summed E-state index contributed by atoms with van der Waals surface area (Å²) in [5.41, 5.74) is 5.23. The molecule has 3 aromatic rings. The number of benzene rings is 2. The number of aromatic amines is 1. The number of nitrogens with one attached hydrogen (secondary N) is 1. The number of H-pyrrole nitrogens is 1. The molecule has 1 aliphatic heterocycles. The Labute approximate surface area is 196 Å². The number of hydrogen-bond donors (Lipinski definition) is 1. The fourth-order valence-corrected chi connectivity index (χ4v) is 5.60. The Morgan fingerprint density at radius 3 is 2.52 bits per heavy atom. The summed E-state index contributed by atoms with van der Waals surface area (Å²) >= 11 is 19.2. The summed E-state index contributed by atoms with van der Waals surface area (Å²) in [7, 11) is 0. The first kappa shape index (κ1) is 20.9. The van der Waals surface area contributed by atoms with Crippen molar-refractivity contribution in [3.63, 3.8) is 0 Å². The van der Waals surface area contributed by atoms with Crippen LogP contribution in [0.3, 0.4) is 0 Å². The third-order valence-electron chi connectivity index (χ3n) is 6.55. The molecule has 0 spiro atoms. The van der Waals surface area contributed by atoms with Gasteiger partial charge in [0.05, 0.1) is 6.20 Å². The number of aryl methyl sites for hydroxylation is 1. The van der Waals surface area contributed by atoms with Gasteiger partial charge in [-0.1, -0.05) is 46.9 Å². The Kier molecular flexibility index (Phi) is 5.72. The fourth-order valence-electron chi connectivity index (χ4n) is 4.83. The minimum atomic E-state index is -0.0814. The maximum atomic E-state index is 13.2. The fraction of sp³-hybridized carbons (Fsp3) is 0.333. The van der Waals surface area contributed by atoms with E-state index in [2.05, 4.69) is 15.1 Å². The van der Waals surface area contributed by atoms with E-state index in [0.29, 0.717) is 21.5 Å². The molecule has 1 aliphatic carbocycles. The average molecular weight is 475 g/mol. The second-order valence-corrected chi connectivity index (χ2v) is 9.67. The topological polar surface area (TPSA) is 49.0 Å². The van der Waals surface area contributed by atoms with E-state index in [4.69, 9.17) is 34.8 Å². The van der Waals surface area contributed by atoms with Gasteiger partial charge in [0.25, 0.3) is 0 Å². The molecule has 1 N–H and O–H groups in total. The summed E-state index contributed by atoms with van der Waals surface area (Å²) in [4.78, 5) is 15.3. The van der Waals surface area contributed by atoms with Crippen LogP contribution in [0.2, 0.25) is 15.1 Å². The van der Waals surface area contributed by atoms with Crippen molar-refractivity contribution in [2.24, 2.45) is 5.92 Å². The highest BCUT2D eigenvalue weighted by Gasteiger charge is 2.37. The van der Waals surface area contributed by atoms with Gasteiger partial charge in [0, 0.05) is 39.3 Å². The molecule has 0 saturated carbocycles. The first-order chi connectivity index (χ1) is 15.0. The second-order valence-electron chi connectivity index (χ2n) is 8.42. The third kappa shape index (κ3) is 4.09. The molecule has 31 heavy (non-hydrogen) atoms. The van der Waals surface area contributed by atoms with Gasteiger partial charge in [0.15, 0.2) is 0 Å². The van der Waals surface area contributed by atoms with Crippen LogP contribution in [0, 0.1) is 5.92 Å². The first-order valence-electron chi connectivity index (χ1n) is 10.5. The summed E-state index contributed by atoms with van der Waals surface area (Å²) in [6.45, 7) is 0.791. The maximum absolute atomic E-state index is 13.2. The highest BCUT2D eigenvalue weighted by Crippen LogP contribution is 2.36. The van der Waals surface area contributed by atoms with Crippen LogP contribution in [0.1, 0.15) is 29.7 Å². The third-order valence-corrected chi connectivity index (χ3v) is 7.48. The van der Waals surface area contributed by atoms with E-state index < -0.39 is 0 Å². The molecule has 4 nitrogen and oxygen atoms in total. The molecule has 2 atom stereocenters. The van der Waals surface area contributed by atoms with Crippen molar-refractivity contribution < 1.29 is 4.79 Å². The minimum Gasteiger partial charge on any atom is -0.339 e. The molecular formula is C24H22Cl3N3O. The van der Waals surface area contributed by atoms with E-state index in [-0.39, 0.29) is 17.9 Å². The summed E-state index contributed by atoms with van der Waals surface area (Å²) < 4.78 is 0. The average Bonchev–Trinajstić information content (AvgIpc) is 3.37. The largest absolute Gasteiger partial charge is 0.339 e. The molecule has 1 aromatic heterocycles. The number of carbonyl (C=O) groups excluding carboxylic acids is 1. The quantitative estimate of drug-likeness (QED) is 0.505. The maximum Gasteiger partial charge on any atom is 0.226 e. The Hall–Kier alpha value is -2.01. The monoisotopic (exact) mass is 473 g/mol. The highest BCUT2D eigenvalue weighted by atomic mass is 35.5. The van der Waals surface area contributed by atoms with Crippen molar-refractivity contribution >= 4 is 40.7 Å². The van der Waals surface area contributed by atoms with Crippen LogP contribution in [-0.4, -0.2) is 33.6 Å². The molecule has 1 saturated heterocycles. The van der Waals surface area contributed by atoms with E-state index >= 15 is 0 Å². The van der Waals surface area contributed by atoms with Gasteiger partial charge in [0.1, 0.15) is 0 Å². The molecule has 0 unspecified atom stereocenters. The molecule has 5 rings (SSSR count). The first-order valence-corrected chi connectivity index (χ1v) is 11.7. The summed E-state index contributed by atoms with van der Waals surface area (Å²) in [6.07, 6.45) is 6.09. The zero-order valence-corrected chi connectivity index (χ0v) is 19.1. The molecule has 7 heteroatoms. The molecule has 2 aromatic carbocycles. The Bertz CT molecular complexity index is 1100. The standard InChI is InChI=1S/C24H22Cl3N3O/c25-18-3-1-14(2-4-18)16-11-21(26)20(22(27)12-16)10-15-7-8-30(24(15)31)19-5-6-23-17(9-19)13-28-29-23/h1-4,11-13,15,19H,5-10H2,(H,28,29)/t15-,19-/m0/s1. The van der Waals surface area contributed by atoms with Gasteiger partial charge < -0.3 is 4.90 Å². The number of hydrogen-bond acceptors (Lipinski definition) is 2. The van der Waals surface area contributed by atoms with E-state index in [1.165, 1.54) is 11.3 Å². The zero-order valence-electron chi connectivity index (χ0n) is 16.9. The number of halogens is 3. The Morgan fingerprint density at radius 1 is 1.03 bits per heavy atom. The van der Waals surface area contributed by atoms with E-state index in [9.17, 15) is 4.79 Å². The zero-order chi connectivity index (χ0) is 21.5. The van der Waals surface area contributed by atoms with Crippen LogP contribution in [0.15, 0.2) is 42.6 Å². The molecule has 2 aliphatic rings. The number of fused-ring (bicyclic) bond motifs is 1. The van der Waals surface area contributed by atoms with Crippen molar-refractivity contribution in [3.05, 3.63) is 74.5 Å². The Balaban J connectivity index is 1.31. The van der Waals surface area contributed by atoms with Crippen molar-refractivity contribution in [2.45, 2.75) is 38.1 Å². The van der Waals surface area contributed by atoms with Gasteiger partial charge in [-0.25, -0.2) is 0 Å². The van der Waals surface area contributed by atoms with Crippen LogP contribution in [0.25, 0.3) is 11.1 Å². The van der Waals surface area contributed by atoms with Crippen LogP contribution < -0.4 is 0 Å². The van der Waals surface area contributed by atoms with Gasteiger partial charge in [-0.2, -0.15) is 5.10 Å². The second kappa shape index (κ2) is 8.50. The predicted molar refractivity (Wildman–Crippen MR) is 125 cm³/mol. The number of aromatic nitrogens is 2. The van der Waals surface area contributed by atoms with Gasteiger partial charge in [0.2, 0.25) is 5.91 Å². The van der Waals surface area contributed by atoms with Crippen molar-refractivity contribution in [2.75, 3.05) is 6.54 Å². The minimum absolute atomic E-state index is 0.0814. The van der Waals surface area contributed by atoms with E-state index in [1.54, 1.807) is 0 Å². The van der Waals surface area contributed by atoms with Gasteiger partial charge in [-0.05, 0) is 78.6 Å². The number of carbonyl (C=O) groups is 1. The smallest absolute Gasteiger partial charge is 0.226 e. The highest BCUT2D eigenvalue weighted by molar-refractivity contribution is 6.36. The lowest BCUT2D eigenvalue weighted by atomic mass is 9.92.